The molecule has 0 radical (unpaired) electrons. The highest BCUT2D eigenvalue weighted by atomic mass is 35.5. The Hall–Kier alpha value is -3.67. The number of halogens is 3. The van der Waals surface area contributed by atoms with E-state index in [1.54, 1.807) is 12.1 Å². The van der Waals surface area contributed by atoms with Gasteiger partial charge in [-0.3, -0.25) is 14.6 Å². The van der Waals surface area contributed by atoms with Gasteiger partial charge in [0.05, 0.1) is 30.1 Å². The molecule has 3 aliphatic rings. The van der Waals surface area contributed by atoms with Crippen LogP contribution in [0.3, 0.4) is 0 Å². The van der Waals surface area contributed by atoms with Crippen molar-refractivity contribution in [3.05, 3.63) is 92.2 Å². The molecule has 9 nitrogen and oxygen atoms in total. The van der Waals surface area contributed by atoms with Crippen LogP contribution in [0.15, 0.2) is 42.5 Å². The Bertz CT molecular complexity index is 1930. The summed E-state index contributed by atoms with van der Waals surface area (Å²) >= 11 is 13.6. The number of likely N-dealkylation sites (tertiary alicyclic amines) is 1. The van der Waals surface area contributed by atoms with Crippen molar-refractivity contribution in [1.82, 2.24) is 19.4 Å². The Morgan fingerprint density at radius 2 is 1.84 bits per heavy atom. The van der Waals surface area contributed by atoms with Gasteiger partial charge >= 0.3 is 0 Å². The molecule has 12 heteroatoms. The maximum atomic E-state index is 15.7. The molecule has 1 fully saturated rings. The summed E-state index contributed by atoms with van der Waals surface area (Å²) in [6.07, 6.45) is 4.00. The van der Waals surface area contributed by atoms with E-state index in [1.165, 1.54) is 7.11 Å². The first-order valence-electron chi connectivity index (χ1n) is 17.2. The number of ether oxygens (including phenoxy) is 2. The predicted octanol–water partition coefficient (Wildman–Crippen LogP) is 7.19. The lowest BCUT2D eigenvalue weighted by Crippen LogP contribution is -2.39. The van der Waals surface area contributed by atoms with Crippen molar-refractivity contribution in [2.75, 3.05) is 38.7 Å². The van der Waals surface area contributed by atoms with Gasteiger partial charge < -0.3 is 24.5 Å². The number of nitrogens with zero attached hydrogens (tertiary/aromatic N) is 4. The highest BCUT2D eigenvalue weighted by molar-refractivity contribution is 6.36. The van der Waals surface area contributed by atoms with Gasteiger partial charge in [-0.2, -0.15) is 0 Å². The fraction of sp³-hybridized carbons (Fsp3) is 0.421. The van der Waals surface area contributed by atoms with E-state index in [4.69, 9.17) is 37.7 Å². The molecule has 2 unspecified atom stereocenters. The number of fused-ring (bicyclic) bond motifs is 2. The number of hydrogen-bond donors (Lipinski definition) is 2. The number of benzene rings is 3. The van der Waals surface area contributed by atoms with Crippen LogP contribution in [-0.4, -0.2) is 69.8 Å². The standard InChI is InChI=1S/C38H42Cl2FN5O4/c1-22(21-47)46-17-14-30-29(20-46)42-37(44(30)2)38(48)43-28-11-7-10-26(34(28)39)23-8-6-9-25-24(23)12-13-31(25)50-33-18-32(49-3)27(36(41)35(33)40)19-45-15-4-5-16-45/h6-11,18,22,31,47H,4-5,12-17,19-21H2,1-3H3,(H,43,48). The first-order chi connectivity index (χ1) is 24.2. The lowest BCUT2D eigenvalue weighted by atomic mass is 9.96. The summed E-state index contributed by atoms with van der Waals surface area (Å²) in [6, 6.07) is 13.3. The van der Waals surface area contributed by atoms with Crippen LogP contribution in [0, 0.1) is 5.82 Å². The Morgan fingerprint density at radius 3 is 2.60 bits per heavy atom. The molecular formula is C38H42Cl2FN5O4. The van der Waals surface area contributed by atoms with Crippen LogP contribution < -0.4 is 14.8 Å². The van der Waals surface area contributed by atoms with Crippen LogP contribution in [-0.2, 0) is 33.0 Å². The van der Waals surface area contributed by atoms with Crippen molar-refractivity contribution < 1.29 is 23.8 Å². The number of aliphatic hydroxyl groups is 1. The SMILES string of the molecule is COc1cc(OC2CCc3c(-c4cccc(NC(=O)c5nc6c(n5C)CCN(C(C)CO)C6)c4Cl)cccc32)c(Cl)c(F)c1CN1CCCC1. The average molecular weight is 723 g/mol. The first kappa shape index (κ1) is 34.8. The van der Waals surface area contributed by atoms with E-state index in [9.17, 15) is 9.90 Å². The number of amides is 1. The Morgan fingerprint density at radius 1 is 1.08 bits per heavy atom. The topological polar surface area (TPSA) is 92.1 Å². The quantitative estimate of drug-likeness (QED) is 0.179. The molecule has 1 saturated heterocycles. The number of anilines is 1. The Labute approximate surface area is 301 Å². The molecule has 2 N–H and O–H groups in total. The molecule has 50 heavy (non-hydrogen) atoms. The summed E-state index contributed by atoms with van der Waals surface area (Å²) in [4.78, 5) is 22.6. The molecule has 1 aromatic heterocycles. The number of methoxy groups -OCH3 is 1. The van der Waals surface area contributed by atoms with E-state index in [2.05, 4.69) is 15.1 Å². The van der Waals surface area contributed by atoms with Crippen molar-refractivity contribution >= 4 is 34.8 Å². The zero-order chi connectivity index (χ0) is 35.1. The predicted molar refractivity (Wildman–Crippen MR) is 193 cm³/mol. The van der Waals surface area contributed by atoms with Crippen molar-refractivity contribution in [1.29, 1.82) is 0 Å². The molecule has 2 atom stereocenters. The zero-order valence-electron chi connectivity index (χ0n) is 28.6. The van der Waals surface area contributed by atoms with Gasteiger partial charge in [0.15, 0.2) is 11.6 Å². The fourth-order valence-electron chi connectivity index (χ4n) is 7.60. The third-order valence-electron chi connectivity index (χ3n) is 10.4. The molecule has 3 heterocycles. The van der Waals surface area contributed by atoms with Crippen molar-refractivity contribution in [3.8, 4) is 22.6 Å². The molecule has 7 rings (SSSR count). The summed E-state index contributed by atoms with van der Waals surface area (Å²) in [6.45, 7) is 5.72. The Kier molecular flexibility index (Phi) is 10.1. The lowest BCUT2D eigenvalue weighted by Gasteiger charge is -2.30. The number of carbonyl (C=O) groups excluding carboxylic acids is 1. The highest BCUT2D eigenvalue weighted by Crippen LogP contribution is 2.45. The van der Waals surface area contributed by atoms with E-state index in [0.29, 0.717) is 47.4 Å². The van der Waals surface area contributed by atoms with Crippen LogP contribution in [0.2, 0.25) is 10.0 Å². The largest absolute Gasteiger partial charge is 0.496 e. The van der Waals surface area contributed by atoms with E-state index < -0.39 is 5.82 Å². The van der Waals surface area contributed by atoms with Gasteiger partial charge in [-0.25, -0.2) is 9.37 Å². The van der Waals surface area contributed by atoms with Gasteiger partial charge in [-0.05, 0) is 68.5 Å². The monoisotopic (exact) mass is 721 g/mol. The number of hydrogen-bond acceptors (Lipinski definition) is 7. The van der Waals surface area contributed by atoms with Crippen LogP contribution in [0.5, 0.6) is 11.5 Å². The molecule has 0 spiro atoms. The minimum absolute atomic E-state index is 0.0191. The second kappa shape index (κ2) is 14.5. The minimum atomic E-state index is -0.505. The van der Waals surface area contributed by atoms with Crippen molar-refractivity contribution in [3.63, 3.8) is 0 Å². The van der Waals surface area contributed by atoms with Crippen LogP contribution in [0.4, 0.5) is 10.1 Å². The molecule has 3 aromatic carbocycles. The number of aliphatic hydroxyl groups excluding tert-OH is 1. The van der Waals surface area contributed by atoms with Gasteiger partial charge in [0.25, 0.3) is 5.91 Å². The minimum Gasteiger partial charge on any atom is -0.496 e. The van der Waals surface area contributed by atoms with E-state index in [-0.39, 0.29) is 35.4 Å². The summed E-state index contributed by atoms with van der Waals surface area (Å²) < 4.78 is 29.5. The van der Waals surface area contributed by atoms with Gasteiger partial charge in [-0.15, -0.1) is 0 Å². The van der Waals surface area contributed by atoms with E-state index in [1.807, 2.05) is 48.9 Å². The maximum Gasteiger partial charge on any atom is 0.291 e. The fourth-order valence-corrected chi connectivity index (χ4v) is 8.09. The number of carbonyl (C=O) groups is 1. The summed E-state index contributed by atoms with van der Waals surface area (Å²) in [5, 5.41) is 13.0. The second-order valence-electron chi connectivity index (χ2n) is 13.4. The molecule has 0 saturated carbocycles. The number of rotatable bonds is 10. The molecule has 4 aromatic rings. The van der Waals surface area contributed by atoms with E-state index >= 15 is 4.39 Å². The average Bonchev–Trinajstić information content (AvgIpc) is 3.88. The lowest BCUT2D eigenvalue weighted by molar-refractivity contribution is 0.101. The van der Waals surface area contributed by atoms with Gasteiger partial charge in [0.1, 0.15) is 22.6 Å². The third-order valence-corrected chi connectivity index (χ3v) is 11.2. The van der Waals surface area contributed by atoms with E-state index in [0.717, 1.165) is 79.0 Å². The summed E-state index contributed by atoms with van der Waals surface area (Å²) in [7, 11) is 3.39. The molecule has 0 bridgehead atoms. The molecule has 2 aliphatic heterocycles. The molecule has 1 amide bonds. The van der Waals surface area contributed by atoms with Crippen molar-refractivity contribution in [2.24, 2.45) is 7.05 Å². The third kappa shape index (κ3) is 6.48. The smallest absolute Gasteiger partial charge is 0.291 e. The maximum absolute atomic E-state index is 15.7. The summed E-state index contributed by atoms with van der Waals surface area (Å²) in [5.74, 6) is 0.139. The second-order valence-corrected chi connectivity index (χ2v) is 14.2. The van der Waals surface area contributed by atoms with Gasteiger partial charge in [-0.1, -0.05) is 53.5 Å². The molecular weight excluding hydrogens is 680 g/mol. The number of aromatic nitrogens is 2. The van der Waals surface area contributed by atoms with Crippen LogP contribution in [0.1, 0.15) is 71.0 Å². The number of nitrogens with one attached hydrogen (secondary N) is 1. The first-order valence-corrected chi connectivity index (χ1v) is 18.0. The molecule has 264 valence electrons. The normalized spacial score (nSPS) is 18.2. The highest BCUT2D eigenvalue weighted by Gasteiger charge is 2.31. The molecule has 1 aliphatic carbocycles. The van der Waals surface area contributed by atoms with Gasteiger partial charge in [0, 0.05) is 62.0 Å². The van der Waals surface area contributed by atoms with Crippen molar-refractivity contribution in [2.45, 2.75) is 64.3 Å². The van der Waals surface area contributed by atoms with Crippen LogP contribution >= 0.6 is 23.2 Å². The zero-order valence-corrected chi connectivity index (χ0v) is 30.1. The summed E-state index contributed by atoms with van der Waals surface area (Å²) in [5.41, 5.74) is 6.59. The Balaban J connectivity index is 1.11. The number of imidazole rings is 1. The van der Waals surface area contributed by atoms with Gasteiger partial charge in [0.2, 0.25) is 0 Å². The van der Waals surface area contributed by atoms with Crippen LogP contribution in [0.25, 0.3) is 11.1 Å².